The summed E-state index contributed by atoms with van der Waals surface area (Å²) in [7, 11) is 0. The molecular formula is C21H25NO3S. The van der Waals surface area contributed by atoms with E-state index < -0.39 is 5.60 Å². The highest BCUT2D eigenvalue weighted by Crippen LogP contribution is 2.59. The summed E-state index contributed by atoms with van der Waals surface area (Å²) in [5, 5.41) is 13.6. The zero-order valence-electron chi connectivity index (χ0n) is 14.9. The number of carbonyl (C=O) groups excluding carboxylic acids is 1. The molecule has 0 amide bonds. The van der Waals surface area contributed by atoms with Crippen LogP contribution >= 0.6 is 11.3 Å². The molecule has 4 bridgehead atoms. The summed E-state index contributed by atoms with van der Waals surface area (Å²) in [5.41, 5.74) is 0.215. The number of hydrogen-bond acceptors (Lipinski definition) is 5. The predicted octanol–water partition coefficient (Wildman–Crippen LogP) is 4.28. The molecule has 0 radical (unpaired) electrons. The number of aromatic nitrogens is 1. The van der Waals surface area contributed by atoms with Crippen molar-refractivity contribution < 1.29 is 14.3 Å². The Labute approximate surface area is 157 Å². The number of rotatable bonds is 6. The highest BCUT2D eigenvalue weighted by molar-refractivity contribution is 7.09. The van der Waals surface area contributed by atoms with E-state index in [2.05, 4.69) is 4.98 Å². The number of aryl methyl sites for hydroxylation is 2. The highest BCUT2D eigenvalue weighted by Gasteiger charge is 2.54. The van der Waals surface area contributed by atoms with Crippen LogP contribution in [-0.2, 0) is 12.8 Å². The smallest absolute Gasteiger partial charge is 0.182 e. The second-order valence-corrected chi connectivity index (χ2v) is 9.63. The Kier molecular flexibility index (Phi) is 4.05. The summed E-state index contributed by atoms with van der Waals surface area (Å²) < 4.78 is 5.36. The van der Waals surface area contributed by atoms with E-state index in [1.165, 1.54) is 12.8 Å². The zero-order chi connectivity index (χ0) is 17.7. The van der Waals surface area contributed by atoms with Crippen LogP contribution in [0.15, 0.2) is 28.2 Å². The summed E-state index contributed by atoms with van der Waals surface area (Å²) in [4.78, 5) is 17.4. The van der Waals surface area contributed by atoms with E-state index in [1.807, 2.05) is 17.5 Å². The number of carbonyl (C=O) groups is 1. The molecular weight excluding hydrogens is 346 g/mol. The molecule has 0 spiro atoms. The van der Waals surface area contributed by atoms with Gasteiger partial charge in [0.05, 0.1) is 16.9 Å². The molecule has 0 aromatic carbocycles. The van der Waals surface area contributed by atoms with Gasteiger partial charge in [0, 0.05) is 24.6 Å². The lowest BCUT2D eigenvalue weighted by Gasteiger charge is -2.58. The molecule has 1 N–H and O–H groups in total. The van der Waals surface area contributed by atoms with E-state index in [-0.39, 0.29) is 5.78 Å². The van der Waals surface area contributed by atoms with Gasteiger partial charge in [-0.2, -0.15) is 0 Å². The lowest BCUT2D eigenvalue weighted by molar-refractivity contribution is -0.151. The van der Waals surface area contributed by atoms with E-state index in [0.29, 0.717) is 35.8 Å². The molecule has 2 unspecified atom stereocenters. The number of hydrogen-bond donors (Lipinski definition) is 1. The maximum absolute atomic E-state index is 12.8. The average molecular weight is 372 g/mol. The van der Waals surface area contributed by atoms with Gasteiger partial charge in [-0.1, -0.05) is 0 Å². The molecule has 138 valence electrons. The van der Waals surface area contributed by atoms with E-state index in [4.69, 9.17) is 4.42 Å². The van der Waals surface area contributed by atoms with Crippen LogP contribution in [0, 0.1) is 23.7 Å². The second kappa shape index (κ2) is 6.31. The van der Waals surface area contributed by atoms with Crippen molar-refractivity contribution in [3.8, 4) is 0 Å². The van der Waals surface area contributed by atoms with Crippen molar-refractivity contribution >= 4 is 17.1 Å². The Balaban J connectivity index is 1.22. The minimum atomic E-state index is -0.421. The van der Waals surface area contributed by atoms with Crippen molar-refractivity contribution in [1.29, 1.82) is 0 Å². The minimum absolute atomic E-state index is 0.190. The SMILES string of the molecule is O=C(CC1C2CC3CC1CC(O)(C3)C2)c1csc(CCc2ccco2)n1. The lowest BCUT2D eigenvalue weighted by atomic mass is 9.49. The quantitative estimate of drug-likeness (QED) is 0.770. The van der Waals surface area contributed by atoms with Crippen molar-refractivity contribution in [2.24, 2.45) is 23.7 Å². The van der Waals surface area contributed by atoms with Crippen molar-refractivity contribution in [1.82, 2.24) is 4.98 Å². The molecule has 5 heteroatoms. The van der Waals surface area contributed by atoms with Gasteiger partial charge in [0.1, 0.15) is 11.5 Å². The molecule has 4 aliphatic rings. The van der Waals surface area contributed by atoms with Crippen LogP contribution in [0.25, 0.3) is 0 Å². The van der Waals surface area contributed by atoms with Crippen molar-refractivity contribution in [3.05, 3.63) is 40.2 Å². The molecule has 2 atom stereocenters. The molecule has 2 aromatic heterocycles. The Morgan fingerprint density at radius 3 is 2.77 bits per heavy atom. The Morgan fingerprint density at radius 1 is 1.27 bits per heavy atom. The van der Waals surface area contributed by atoms with Crippen molar-refractivity contribution in [2.45, 2.75) is 57.0 Å². The molecule has 2 heterocycles. The van der Waals surface area contributed by atoms with E-state index in [0.717, 1.165) is 42.9 Å². The first-order valence-electron chi connectivity index (χ1n) is 9.80. The first-order chi connectivity index (χ1) is 12.6. The van der Waals surface area contributed by atoms with Crippen LogP contribution in [0.2, 0.25) is 0 Å². The third kappa shape index (κ3) is 3.05. The van der Waals surface area contributed by atoms with Crippen molar-refractivity contribution in [2.75, 3.05) is 0 Å². The number of thiazole rings is 1. The highest BCUT2D eigenvalue weighted by atomic mass is 32.1. The predicted molar refractivity (Wildman–Crippen MR) is 99.2 cm³/mol. The van der Waals surface area contributed by atoms with Gasteiger partial charge in [0.2, 0.25) is 0 Å². The van der Waals surface area contributed by atoms with Gasteiger partial charge < -0.3 is 9.52 Å². The second-order valence-electron chi connectivity index (χ2n) is 8.69. The van der Waals surface area contributed by atoms with Gasteiger partial charge in [-0.25, -0.2) is 4.98 Å². The topological polar surface area (TPSA) is 63.3 Å². The minimum Gasteiger partial charge on any atom is -0.469 e. The first-order valence-corrected chi connectivity index (χ1v) is 10.7. The maximum Gasteiger partial charge on any atom is 0.182 e. The average Bonchev–Trinajstić information content (AvgIpc) is 3.26. The molecule has 0 aliphatic heterocycles. The Bertz CT molecular complexity index is 780. The number of nitrogens with zero attached hydrogens (tertiary/aromatic N) is 1. The van der Waals surface area contributed by atoms with E-state index in [1.54, 1.807) is 17.6 Å². The van der Waals surface area contributed by atoms with Gasteiger partial charge in [0.25, 0.3) is 0 Å². The molecule has 2 aromatic rings. The first kappa shape index (κ1) is 16.7. The fourth-order valence-electron chi connectivity index (χ4n) is 5.98. The van der Waals surface area contributed by atoms with Crippen molar-refractivity contribution in [3.63, 3.8) is 0 Å². The summed E-state index contributed by atoms with van der Waals surface area (Å²) >= 11 is 1.58. The number of Topliss-reactive ketones (excluding diaryl/α,β-unsaturated/α-hetero) is 1. The lowest BCUT2D eigenvalue weighted by Crippen LogP contribution is -2.54. The normalized spacial score (nSPS) is 35.1. The van der Waals surface area contributed by atoms with E-state index >= 15 is 0 Å². The van der Waals surface area contributed by atoms with Crippen LogP contribution in [0.4, 0.5) is 0 Å². The Hall–Kier alpha value is -1.46. The molecule has 26 heavy (non-hydrogen) atoms. The standard InChI is InChI=1S/C21H25NO3S/c23-19(18-12-26-20(22-18)4-3-16-2-1-5-25-16)8-17-14-6-13-7-15(17)11-21(24,9-13)10-14/h1-2,5,12-15,17,24H,3-4,6-11H2. The molecule has 4 fully saturated rings. The molecule has 6 rings (SSSR count). The van der Waals surface area contributed by atoms with Crippen LogP contribution in [-0.4, -0.2) is 21.5 Å². The number of ketones is 1. The number of aliphatic hydroxyl groups is 1. The molecule has 0 saturated heterocycles. The third-order valence-corrected chi connectivity index (χ3v) is 7.77. The zero-order valence-corrected chi connectivity index (χ0v) is 15.7. The van der Waals surface area contributed by atoms with Crippen LogP contribution in [0.1, 0.15) is 59.8 Å². The maximum atomic E-state index is 12.8. The summed E-state index contributed by atoms with van der Waals surface area (Å²) in [6.45, 7) is 0. The van der Waals surface area contributed by atoms with Gasteiger partial charge >= 0.3 is 0 Å². The Morgan fingerprint density at radius 2 is 2.08 bits per heavy atom. The monoisotopic (exact) mass is 371 g/mol. The fourth-order valence-corrected chi connectivity index (χ4v) is 6.78. The van der Waals surface area contributed by atoms with Crippen LogP contribution < -0.4 is 0 Å². The fraction of sp³-hybridized carbons (Fsp3) is 0.619. The van der Waals surface area contributed by atoms with Gasteiger partial charge in [-0.3, -0.25) is 4.79 Å². The summed E-state index contributed by atoms with van der Waals surface area (Å²) in [5.74, 6) is 3.36. The number of furan rings is 1. The molecule has 4 nitrogen and oxygen atoms in total. The van der Waals surface area contributed by atoms with Gasteiger partial charge in [-0.05, 0) is 67.9 Å². The largest absolute Gasteiger partial charge is 0.469 e. The van der Waals surface area contributed by atoms with Crippen LogP contribution in [0.3, 0.4) is 0 Å². The summed E-state index contributed by atoms with van der Waals surface area (Å²) in [6, 6.07) is 3.87. The van der Waals surface area contributed by atoms with Gasteiger partial charge in [-0.15, -0.1) is 11.3 Å². The van der Waals surface area contributed by atoms with E-state index in [9.17, 15) is 9.90 Å². The molecule has 4 aliphatic carbocycles. The van der Waals surface area contributed by atoms with Crippen LogP contribution in [0.5, 0.6) is 0 Å². The van der Waals surface area contributed by atoms with Gasteiger partial charge in [0.15, 0.2) is 5.78 Å². The molecule has 4 saturated carbocycles. The summed E-state index contributed by atoms with van der Waals surface area (Å²) in [6.07, 6.45) is 9.16. The third-order valence-electron chi connectivity index (χ3n) is 6.86.